The molecule has 0 N–H and O–H groups in total. The molecule has 0 radical (unpaired) electrons. The molecule has 0 heterocycles. The summed E-state index contributed by atoms with van der Waals surface area (Å²) < 4.78 is 0. The van der Waals surface area contributed by atoms with Gasteiger partial charge in [-0.05, 0) is 150 Å². The third kappa shape index (κ3) is 6.68. The van der Waals surface area contributed by atoms with Crippen molar-refractivity contribution >= 4 is 66.4 Å². The van der Waals surface area contributed by atoms with Gasteiger partial charge in [0.1, 0.15) is 0 Å². The van der Waals surface area contributed by atoms with Crippen LogP contribution in [0.4, 0.5) is 34.1 Å². The smallest absolute Gasteiger partial charge is 0.0991 e. The van der Waals surface area contributed by atoms with Gasteiger partial charge in [-0.1, -0.05) is 185 Å². The van der Waals surface area contributed by atoms with Gasteiger partial charge in [-0.15, -0.1) is 0 Å². The second-order valence-electron chi connectivity index (χ2n) is 21.5. The summed E-state index contributed by atoms with van der Waals surface area (Å²) in [5, 5.41) is 26.9. The Morgan fingerprint density at radius 3 is 1.13 bits per heavy atom. The predicted molar refractivity (Wildman–Crippen MR) is 315 cm³/mol. The Kier molecular flexibility index (Phi) is 9.99. The minimum Gasteiger partial charge on any atom is -0.309 e. The van der Waals surface area contributed by atoms with E-state index in [2.05, 4.69) is 244 Å². The maximum atomic E-state index is 9.93. The molecule has 4 nitrogen and oxygen atoms in total. The first-order valence-electron chi connectivity index (χ1n) is 26.1. The third-order valence-corrected chi connectivity index (χ3v) is 16.6. The molecule has 12 aromatic rings. The number of nitrogens with zero attached hydrogens (tertiary/aromatic N) is 4. The fraction of sp³-hybridized carbons (Fsp3) is 0.0833. The lowest BCUT2D eigenvalue weighted by atomic mass is 9.82. The molecule has 0 atom stereocenters. The second-order valence-corrected chi connectivity index (χ2v) is 21.5. The molecule has 358 valence electrons. The molecule has 0 bridgehead atoms. The molecule has 0 saturated carbocycles. The van der Waals surface area contributed by atoms with E-state index in [0.29, 0.717) is 11.1 Å². The second kappa shape index (κ2) is 16.9. The van der Waals surface area contributed by atoms with E-state index in [1.807, 2.05) is 36.4 Å². The fourth-order valence-corrected chi connectivity index (χ4v) is 13.0. The zero-order chi connectivity index (χ0) is 51.5. The largest absolute Gasteiger partial charge is 0.309 e. The van der Waals surface area contributed by atoms with E-state index in [0.717, 1.165) is 67.2 Å². The van der Waals surface area contributed by atoms with Crippen LogP contribution in [0, 0.1) is 22.7 Å². The van der Waals surface area contributed by atoms with Crippen LogP contribution < -0.4 is 9.80 Å². The minimum absolute atomic E-state index is 0.199. The lowest BCUT2D eigenvalue weighted by molar-refractivity contribution is 0.660. The Morgan fingerprint density at radius 2 is 0.697 bits per heavy atom. The van der Waals surface area contributed by atoms with Gasteiger partial charge in [-0.3, -0.25) is 0 Å². The summed E-state index contributed by atoms with van der Waals surface area (Å²) in [4.78, 5) is 4.96. The molecule has 2 aliphatic carbocycles. The first kappa shape index (κ1) is 44.9. The molecule has 0 saturated heterocycles. The van der Waals surface area contributed by atoms with Gasteiger partial charge in [0.25, 0.3) is 0 Å². The molecular weight excluding hydrogens is 921 g/mol. The molecule has 76 heavy (non-hydrogen) atoms. The third-order valence-electron chi connectivity index (χ3n) is 16.6. The standard InChI is InChI=1S/C72H50N4/c1-71(2)59-25-7-5-23-55(59)69-61(71)27-13-29-65(69)75(53-21-11-19-51(41-53)49-17-9-15-45(39-49)43-73)63-37-33-47-32-36-58-64(38-34-48-31-35-57(63)67(47)68(48)58)76(54-22-12-20-52(42-54)50-18-10-16-46(40-50)44-74)66-30-14-28-62-70(66)56-24-6-8-26-60(56)72(62,3)4/h5-42H,1-4H3. The van der Waals surface area contributed by atoms with Crippen LogP contribution in [0.5, 0.6) is 0 Å². The Labute approximate surface area is 443 Å². The van der Waals surface area contributed by atoms with Gasteiger partial charge in [0, 0.05) is 44.1 Å². The maximum Gasteiger partial charge on any atom is 0.0991 e. The number of fused-ring (bicyclic) bond motifs is 6. The van der Waals surface area contributed by atoms with Gasteiger partial charge in [0.2, 0.25) is 0 Å². The Bertz CT molecular complexity index is 4180. The number of hydrogen-bond acceptors (Lipinski definition) is 4. The molecule has 12 aromatic carbocycles. The molecule has 4 heteroatoms. The SMILES string of the molecule is CC1(C)c2ccccc2-c2c(N(c3cccc(-c4cccc(C#N)c4)c3)c3ccc4ccc5c(N(c6cccc(-c7cccc(C#N)c7)c6)c6cccc7c6-c6ccccc6C7(C)C)ccc6ccc3c4c65)cccc21. The van der Waals surface area contributed by atoms with Crippen molar-refractivity contribution in [3.63, 3.8) is 0 Å². The molecule has 0 unspecified atom stereocenters. The quantitative estimate of drug-likeness (QED) is 0.142. The molecule has 0 aliphatic heterocycles. The summed E-state index contributed by atoms with van der Waals surface area (Å²) in [6.45, 7) is 9.38. The average molecular weight is 971 g/mol. The van der Waals surface area contributed by atoms with Crippen LogP contribution in [-0.2, 0) is 10.8 Å². The summed E-state index contributed by atoms with van der Waals surface area (Å²) >= 11 is 0. The van der Waals surface area contributed by atoms with Crippen LogP contribution in [-0.4, -0.2) is 0 Å². The van der Waals surface area contributed by atoms with Gasteiger partial charge in [-0.2, -0.15) is 10.5 Å². The highest BCUT2D eigenvalue weighted by Crippen LogP contribution is 2.58. The van der Waals surface area contributed by atoms with E-state index in [9.17, 15) is 10.5 Å². The average Bonchev–Trinajstić information content (AvgIpc) is 4.03. The van der Waals surface area contributed by atoms with Crippen LogP contribution in [0.25, 0.3) is 76.8 Å². The number of hydrogen-bond donors (Lipinski definition) is 0. The van der Waals surface area contributed by atoms with E-state index in [4.69, 9.17) is 0 Å². The van der Waals surface area contributed by atoms with Crippen LogP contribution in [0.3, 0.4) is 0 Å². The van der Waals surface area contributed by atoms with Crippen molar-refractivity contribution in [1.29, 1.82) is 10.5 Å². The lowest BCUT2D eigenvalue weighted by Crippen LogP contribution is -2.16. The van der Waals surface area contributed by atoms with E-state index in [-0.39, 0.29) is 10.8 Å². The highest BCUT2D eigenvalue weighted by atomic mass is 15.2. The van der Waals surface area contributed by atoms with Crippen molar-refractivity contribution in [3.8, 4) is 56.6 Å². The zero-order valence-electron chi connectivity index (χ0n) is 42.7. The van der Waals surface area contributed by atoms with Gasteiger partial charge in [-0.25, -0.2) is 0 Å². The van der Waals surface area contributed by atoms with Crippen molar-refractivity contribution in [2.24, 2.45) is 0 Å². The number of benzene rings is 12. The highest BCUT2D eigenvalue weighted by molar-refractivity contribution is 6.28. The topological polar surface area (TPSA) is 54.1 Å². The van der Waals surface area contributed by atoms with E-state index < -0.39 is 0 Å². The molecule has 0 fully saturated rings. The van der Waals surface area contributed by atoms with Crippen molar-refractivity contribution in [2.45, 2.75) is 38.5 Å². The van der Waals surface area contributed by atoms with Crippen molar-refractivity contribution < 1.29 is 0 Å². The van der Waals surface area contributed by atoms with Crippen LogP contribution >= 0.6 is 0 Å². The van der Waals surface area contributed by atoms with Crippen LogP contribution in [0.1, 0.15) is 61.1 Å². The van der Waals surface area contributed by atoms with E-state index in [1.54, 1.807) is 0 Å². The van der Waals surface area contributed by atoms with E-state index >= 15 is 0 Å². The van der Waals surface area contributed by atoms with Crippen LogP contribution in [0.15, 0.2) is 231 Å². The van der Waals surface area contributed by atoms with Crippen LogP contribution in [0.2, 0.25) is 0 Å². The first-order valence-corrected chi connectivity index (χ1v) is 26.1. The monoisotopic (exact) mass is 970 g/mol. The Balaban J connectivity index is 1.03. The van der Waals surface area contributed by atoms with Crippen molar-refractivity contribution in [2.75, 3.05) is 9.80 Å². The minimum atomic E-state index is -0.199. The fourth-order valence-electron chi connectivity index (χ4n) is 13.0. The first-order chi connectivity index (χ1) is 37.1. The predicted octanol–water partition coefficient (Wildman–Crippen LogP) is 19.2. The van der Waals surface area contributed by atoms with Gasteiger partial charge in [0.05, 0.1) is 46.0 Å². The molecule has 0 amide bonds. The maximum absolute atomic E-state index is 9.93. The summed E-state index contributed by atoms with van der Waals surface area (Å²) in [6.07, 6.45) is 0. The zero-order valence-corrected chi connectivity index (χ0v) is 42.7. The number of anilines is 6. The summed E-state index contributed by atoms with van der Waals surface area (Å²) in [6, 6.07) is 88.0. The Morgan fingerprint density at radius 1 is 0.329 bits per heavy atom. The Hall–Kier alpha value is -9.74. The van der Waals surface area contributed by atoms with Gasteiger partial charge < -0.3 is 9.80 Å². The summed E-state index contributed by atoms with van der Waals surface area (Å²) in [5.74, 6) is 0. The summed E-state index contributed by atoms with van der Waals surface area (Å²) in [5.41, 5.74) is 21.6. The van der Waals surface area contributed by atoms with Gasteiger partial charge in [0.15, 0.2) is 0 Å². The highest BCUT2D eigenvalue weighted by Gasteiger charge is 2.40. The normalized spacial score (nSPS) is 13.4. The molecular formula is C72H50N4. The molecule has 0 spiro atoms. The van der Waals surface area contributed by atoms with Crippen molar-refractivity contribution in [1.82, 2.24) is 0 Å². The molecule has 2 aliphatic rings. The molecule has 14 rings (SSSR count). The van der Waals surface area contributed by atoms with Gasteiger partial charge >= 0.3 is 0 Å². The summed E-state index contributed by atoms with van der Waals surface area (Å²) in [7, 11) is 0. The number of rotatable bonds is 8. The lowest BCUT2D eigenvalue weighted by Gasteiger charge is -2.32. The number of nitriles is 2. The van der Waals surface area contributed by atoms with E-state index in [1.165, 1.54) is 66.1 Å². The van der Waals surface area contributed by atoms with Crippen molar-refractivity contribution in [3.05, 3.63) is 264 Å². The molecule has 0 aromatic heterocycles.